The third kappa shape index (κ3) is 4.85. The van der Waals surface area contributed by atoms with E-state index in [-0.39, 0.29) is 12.5 Å². The molecule has 4 heteroatoms. The minimum Gasteiger partial charge on any atom is -0.392 e. The molecule has 1 aromatic rings. The number of aliphatic hydroxyl groups is 1. The first-order valence-electron chi connectivity index (χ1n) is 6.12. The average Bonchev–Trinajstić information content (AvgIpc) is 2.21. The largest absolute Gasteiger partial charge is 0.392 e. The SMILES string of the molecule is Cc1ccc(C)c(NC(=O)CN(C)CC(C)O)c1. The lowest BCUT2D eigenvalue weighted by molar-refractivity contribution is -0.117. The Bertz CT molecular complexity index is 416. The van der Waals surface area contributed by atoms with Crippen LogP contribution in [0.1, 0.15) is 18.1 Å². The molecule has 0 aliphatic heterocycles. The topological polar surface area (TPSA) is 52.6 Å². The number of nitrogens with zero attached hydrogens (tertiary/aromatic N) is 1. The van der Waals surface area contributed by atoms with Gasteiger partial charge in [-0.2, -0.15) is 0 Å². The molecule has 1 atom stereocenters. The highest BCUT2D eigenvalue weighted by Gasteiger charge is 2.09. The molecule has 0 saturated carbocycles. The number of hydrogen-bond acceptors (Lipinski definition) is 3. The maximum absolute atomic E-state index is 11.8. The van der Waals surface area contributed by atoms with Crippen molar-refractivity contribution in [3.8, 4) is 0 Å². The van der Waals surface area contributed by atoms with Gasteiger partial charge in [0.1, 0.15) is 0 Å². The van der Waals surface area contributed by atoms with Crippen molar-refractivity contribution < 1.29 is 9.90 Å². The molecule has 1 rings (SSSR count). The molecule has 1 aromatic carbocycles. The van der Waals surface area contributed by atoms with Crippen LogP contribution in [0.3, 0.4) is 0 Å². The van der Waals surface area contributed by atoms with Crippen LogP contribution in [-0.4, -0.2) is 42.2 Å². The number of benzene rings is 1. The zero-order valence-electron chi connectivity index (χ0n) is 11.5. The number of anilines is 1. The highest BCUT2D eigenvalue weighted by Crippen LogP contribution is 2.16. The summed E-state index contributed by atoms with van der Waals surface area (Å²) in [5.74, 6) is -0.0631. The minimum absolute atomic E-state index is 0.0631. The lowest BCUT2D eigenvalue weighted by atomic mass is 10.1. The van der Waals surface area contributed by atoms with E-state index in [1.807, 2.05) is 39.1 Å². The predicted molar refractivity (Wildman–Crippen MR) is 73.7 cm³/mol. The van der Waals surface area contributed by atoms with Gasteiger partial charge in [-0.25, -0.2) is 0 Å². The minimum atomic E-state index is -0.427. The normalized spacial score (nSPS) is 12.6. The fourth-order valence-electron chi connectivity index (χ4n) is 1.82. The summed E-state index contributed by atoms with van der Waals surface area (Å²) in [5.41, 5.74) is 3.02. The first kappa shape index (κ1) is 14.7. The summed E-state index contributed by atoms with van der Waals surface area (Å²) >= 11 is 0. The first-order chi connectivity index (χ1) is 8.38. The molecule has 0 aliphatic carbocycles. The third-order valence-electron chi connectivity index (χ3n) is 2.66. The highest BCUT2D eigenvalue weighted by molar-refractivity contribution is 5.93. The van der Waals surface area contributed by atoms with Crippen LogP contribution >= 0.6 is 0 Å². The molecule has 18 heavy (non-hydrogen) atoms. The first-order valence-corrected chi connectivity index (χ1v) is 6.12. The zero-order chi connectivity index (χ0) is 13.7. The number of carbonyl (C=O) groups excluding carboxylic acids is 1. The van der Waals surface area contributed by atoms with Gasteiger partial charge in [-0.05, 0) is 45.0 Å². The fraction of sp³-hybridized carbons (Fsp3) is 0.500. The van der Waals surface area contributed by atoms with Gasteiger partial charge in [-0.15, -0.1) is 0 Å². The van der Waals surface area contributed by atoms with Gasteiger partial charge in [0, 0.05) is 12.2 Å². The number of likely N-dealkylation sites (N-methyl/N-ethyl adjacent to an activating group) is 1. The number of nitrogens with one attached hydrogen (secondary N) is 1. The Morgan fingerprint density at radius 3 is 2.72 bits per heavy atom. The van der Waals surface area contributed by atoms with Crippen molar-refractivity contribution in [1.82, 2.24) is 4.90 Å². The van der Waals surface area contributed by atoms with E-state index < -0.39 is 6.10 Å². The molecular formula is C14H22N2O2. The maximum atomic E-state index is 11.8. The molecule has 0 fully saturated rings. The Hall–Kier alpha value is -1.39. The Morgan fingerprint density at radius 2 is 2.11 bits per heavy atom. The molecule has 1 unspecified atom stereocenters. The van der Waals surface area contributed by atoms with Crippen molar-refractivity contribution in [2.24, 2.45) is 0 Å². The van der Waals surface area contributed by atoms with Gasteiger partial charge < -0.3 is 10.4 Å². The van der Waals surface area contributed by atoms with Gasteiger partial charge in [-0.3, -0.25) is 9.69 Å². The Morgan fingerprint density at radius 1 is 1.44 bits per heavy atom. The number of aryl methyl sites for hydroxylation is 2. The van der Waals surface area contributed by atoms with E-state index in [4.69, 9.17) is 0 Å². The van der Waals surface area contributed by atoms with E-state index in [1.165, 1.54) is 0 Å². The van der Waals surface area contributed by atoms with Gasteiger partial charge in [-0.1, -0.05) is 12.1 Å². The van der Waals surface area contributed by atoms with Crippen LogP contribution in [0.15, 0.2) is 18.2 Å². The van der Waals surface area contributed by atoms with E-state index in [2.05, 4.69) is 5.32 Å². The van der Waals surface area contributed by atoms with Crippen LogP contribution in [0, 0.1) is 13.8 Å². The van der Waals surface area contributed by atoms with Crippen molar-refractivity contribution in [3.05, 3.63) is 29.3 Å². The monoisotopic (exact) mass is 250 g/mol. The molecule has 0 aromatic heterocycles. The molecular weight excluding hydrogens is 228 g/mol. The summed E-state index contributed by atoms with van der Waals surface area (Å²) in [6.45, 7) is 6.43. The quantitative estimate of drug-likeness (QED) is 0.833. The van der Waals surface area contributed by atoms with E-state index in [0.29, 0.717) is 6.54 Å². The summed E-state index contributed by atoms with van der Waals surface area (Å²) in [4.78, 5) is 13.6. The summed E-state index contributed by atoms with van der Waals surface area (Å²) in [6.07, 6.45) is -0.427. The van der Waals surface area contributed by atoms with Crippen molar-refractivity contribution in [2.45, 2.75) is 26.9 Å². The smallest absolute Gasteiger partial charge is 0.238 e. The Kier molecular flexibility index (Phi) is 5.31. The van der Waals surface area contributed by atoms with Crippen molar-refractivity contribution >= 4 is 11.6 Å². The summed E-state index contributed by atoms with van der Waals surface area (Å²) in [7, 11) is 1.81. The maximum Gasteiger partial charge on any atom is 0.238 e. The van der Waals surface area contributed by atoms with Crippen LogP contribution in [0.4, 0.5) is 5.69 Å². The molecule has 2 N–H and O–H groups in total. The molecule has 0 heterocycles. The van der Waals surface area contributed by atoms with Crippen LogP contribution in [0.2, 0.25) is 0 Å². The number of aliphatic hydroxyl groups excluding tert-OH is 1. The second kappa shape index (κ2) is 6.52. The second-order valence-electron chi connectivity index (χ2n) is 4.91. The average molecular weight is 250 g/mol. The lowest BCUT2D eigenvalue weighted by Crippen LogP contribution is -2.34. The van der Waals surface area contributed by atoms with Gasteiger partial charge in [0.05, 0.1) is 12.6 Å². The number of hydrogen-bond donors (Lipinski definition) is 2. The predicted octanol–water partition coefficient (Wildman–Crippen LogP) is 1.55. The molecule has 0 saturated heterocycles. The van der Waals surface area contributed by atoms with Crippen LogP contribution in [-0.2, 0) is 4.79 Å². The number of carbonyl (C=O) groups is 1. The van der Waals surface area contributed by atoms with Gasteiger partial charge in [0.2, 0.25) is 5.91 Å². The summed E-state index contributed by atoms with van der Waals surface area (Å²) in [6, 6.07) is 5.97. The summed E-state index contributed by atoms with van der Waals surface area (Å²) in [5, 5.41) is 12.1. The molecule has 4 nitrogen and oxygen atoms in total. The molecule has 0 aliphatic rings. The lowest BCUT2D eigenvalue weighted by Gasteiger charge is -2.18. The highest BCUT2D eigenvalue weighted by atomic mass is 16.3. The molecule has 0 radical (unpaired) electrons. The number of amides is 1. The Labute approximate surface area is 109 Å². The van der Waals surface area contributed by atoms with Crippen molar-refractivity contribution in [3.63, 3.8) is 0 Å². The van der Waals surface area contributed by atoms with E-state index in [9.17, 15) is 9.90 Å². The van der Waals surface area contributed by atoms with E-state index in [1.54, 1.807) is 11.8 Å². The van der Waals surface area contributed by atoms with Crippen molar-refractivity contribution in [2.75, 3.05) is 25.5 Å². The molecule has 0 bridgehead atoms. The summed E-state index contributed by atoms with van der Waals surface area (Å²) < 4.78 is 0. The molecule has 1 amide bonds. The van der Waals surface area contributed by atoms with E-state index in [0.717, 1.165) is 16.8 Å². The van der Waals surface area contributed by atoms with Gasteiger partial charge >= 0.3 is 0 Å². The zero-order valence-corrected chi connectivity index (χ0v) is 11.5. The second-order valence-corrected chi connectivity index (χ2v) is 4.91. The fourth-order valence-corrected chi connectivity index (χ4v) is 1.82. The number of rotatable bonds is 5. The van der Waals surface area contributed by atoms with Crippen LogP contribution < -0.4 is 5.32 Å². The van der Waals surface area contributed by atoms with Gasteiger partial charge in [0.15, 0.2) is 0 Å². The van der Waals surface area contributed by atoms with Crippen LogP contribution in [0.5, 0.6) is 0 Å². The molecule has 100 valence electrons. The van der Waals surface area contributed by atoms with Crippen LogP contribution in [0.25, 0.3) is 0 Å². The third-order valence-corrected chi connectivity index (χ3v) is 2.66. The Balaban J connectivity index is 2.56. The van der Waals surface area contributed by atoms with Crippen molar-refractivity contribution in [1.29, 1.82) is 0 Å². The van der Waals surface area contributed by atoms with Gasteiger partial charge in [0.25, 0.3) is 0 Å². The standard InChI is InChI=1S/C14H22N2O2/c1-10-5-6-11(2)13(7-10)15-14(18)9-16(4)8-12(3)17/h5-7,12,17H,8-9H2,1-4H3,(H,15,18). The molecule has 0 spiro atoms. The van der Waals surface area contributed by atoms with E-state index >= 15 is 0 Å².